The predicted molar refractivity (Wildman–Crippen MR) is 127 cm³/mol. The second-order valence-corrected chi connectivity index (χ2v) is 7.25. The minimum absolute atomic E-state index is 0. The van der Waals surface area contributed by atoms with Crippen LogP contribution in [0.5, 0.6) is 0 Å². The van der Waals surface area contributed by atoms with E-state index in [0.29, 0.717) is 5.69 Å². The molecule has 3 aromatic carbocycles. The molecule has 0 bridgehead atoms. The minimum Gasteiger partial charge on any atom is -0.305 e. The van der Waals surface area contributed by atoms with Crippen molar-refractivity contribution in [2.75, 3.05) is 0 Å². The average Bonchev–Trinajstić information content (AvgIpc) is 2.86. The van der Waals surface area contributed by atoms with Crippen molar-refractivity contribution in [2.45, 2.75) is 6.92 Å². The quantitative estimate of drug-likeness (QED) is 0.196. The number of pyridine rings is 2. The van der Waals surface area contributed by atoms with Crippen LogP contribution in [0.15, 0.2) is 103 Å². The van der Waals surface area contributed by atoms with Crippen LogP contribution in [0.4, 0.5) is 8.78 Å². The van der Waals surface area contributed by atoms with E-state index in [4.69, 9.17) is 0 Å². The summed E-state index contributed by atoms with van der Waals surface area (Å²) in [5.41, 5.74) is 5.41. The molecule has 5 aromatic rings. The Labute approximate surface area is 211 Å². The zero-order chi connectivity index (χ0) is 23.0. The molecule has 34 heavy (non-hydrogen) atoms. The first-order valence-corrected chi connectivity index (χ1v) is 10.4. The Morgan fingerprint density at radius 2 is 1.53 bits per heavy atom. The fourth-order valence-electron chi connectivity index (χ4n) is 3.42. The summed E-state index contributed by atoms with van der Waals surface area (Å²) in [5, 5.41) is 0. The molecule has 0 saturated carbocycles. The summed E-state index contributed by atoms with van der Waals surface area (Å²) in [6, 6.07) is 32.9. The van der Waals surface area contributed by atoms with Crippen LogP contribution in [0.1, 0.15) is 5.56 Å². The van der Waals surface area contributed by atoms with E-state index in [1.54, 1.807) is 12.4 Å². The van der Waals surface area contributed by atoms with E-state index in [2.05, 4.69) is 22.1 Å². The normalized spacial score (nSPS) is 9.97. The second-order valence-electron chi connectivity index (χ2n) is 7.25. The first-order valence-electron chi connectivity index (χ1n) is 10.4. The third kappa shape index (κ3) is 6.07. The first kappa shape index (κ1) is 25.1. The molecule has 0 aliphatic carbocycles. The number of nitrogens with zero attached hydrogens (tertiary/aromatic N) is 2. The van der Waals surface area contributed by atoms with Crippen molar-refractivity contribution in [3.8, 4) is 33.6 Å². The fourth-order valence-corrected chi connectivity index (χ4v) is 3.42. The molecule has 0 atom stereocenters. The van der Waals surface area contributed by atoms with E-state index in [1.165, 1.54) is 0 Å². The van der Waals surface area contributed by atoms with Crippen LogP contribution in [-0.2, 0) is 20.1 Å². The first-order chi connectivity index (χ1) is 16.1. The number of rotatable bonds is 3. The number of aromatic nitrogens is 2. The zero-order valence-electron chi connectivity index (χ0n) is 18.3. The summed E-state index contributed by atoms with van der Waals surface area (Å²) >= 11 is 0. The van der Waals surface area contributed by atoms with E-state index in [0.717, 1.165) is 40.1 Å². The van der Waals surface area contributed by atoms with Crippen LogP contribution in [0.25, 0.3) is 33.6 Å². The smallest absolute Gasteiger partial charge is 0.0408 e. The Kier molecular flexibility index (Phi) is 8.92. The third-order valence-electron chi connectivity index (χ3n) is 4.97. The molecule has 0 N–H and O–H groups in total. The Morgan fingerprint density at radius 3 is 2.21 bits per heavy atom. The SMILES string of the molecule is Cc1ccnc(-c2[c-]cc(F)cc2F)c1-c1ccccc1.[Ir].[c-]1ccccc1-c1ccccn1. The van der Waals surface area contributed by atoms with Gasteiger partial charge in [0, 0.05) is 44.1 Å². The van der Waals surface area contributed by atoms with Crippen molar-refractivity contribution >= 4 is 0 Å². The van der Waals surface area contributed by atoms with E-state index in [-0.39, 0.29) is 25.7 Å². The summed E-state index contributed by atoms with van der Waals surface area (Å²) in [6.45, 7) is 1.94. The summed E-state index contributed by atoms with van der Waals surface area (Å²) in [5.74, 6) is -1.31. The summed E-state index contributed by atoms with van der Waals surface area (Å²) < 4.78 is 27.1. The van der Waals surface area contributed by atoms with Gasteiger partial charge >= 0.3 is 0 Å². The standard InChI is InChI=1S/C18H12F2N.C11H8N.Ir/c1-12-9-10-21-18(15-8-7-14(19)11-16(15)20)17(12)13-5-3-2-4-6-13;1-2-6-10(7-3-1)11-8-4-5-9-12-11;/h2-7,9-11H,1H3;1-6,8-9H;/q2*-1;. The molecular formula is C29H20F2IrN2-2. The van der Waals surface area contributed by atoms with Gasteiger partial charge in [0.25, 0.3) is 0 Å². The van der Waals surface area contributed by atoms with Crippen molar-refractivity contribution in [2.24, 2.45) is 0 Å². The van der Waals surface area contributed by atoms with Gasteiger partial charge < -0.3 is 9.97 Å². The topological polar surface area (TPSA) is 25.8 Å². The number of hydrogen-bond acceptors (Lipinski definition) is 2. The fraction of sp³-hybridized carbons (Fsp3) is 0.0345. The average molecular weight is 627 g/mol. The van der Waals surface area contributed by atoms with E-state index in [1.807, 2.05) is 85.8 Å². The van der Waals surface area contributed by atoms with E-state index >= 15 is 0 Å². The van der Waals surface area contributed by atoms with Gasteiger partial charge in [-0.05, 0) is 47.1 Å². The van der Waals surface area contributed by atoms with Crippen LogP contribution in [-0.4, -0.2) is 9.97 Å². The molecule has 1 radical (unpaired) electrons. The van der Waals surface area contributed by atoms with Gasteiger partial charge in [0.1, 0.15) is 0 Å². The Bertz CT molecular complexity index is 1290. The van der Waals surface area contributed by atoms with Gasteiger partial charge in [0.15, 0.2) is 0 Å². The Morgan fingerprint density at radius 1 is 0.765 bits per heavy atom. The second kappa shape index (κ2) is 12.1. The minimum atomic E-state index is -0.662. The molecule has 0 spiro atoms. The van der Waals surface area contributed by atoms with Gasteiger partial charge in [-0.25, -0.2) is 0 Å². The Balaban J connectivity index is 0.000000212. The van der Waals surface area contributed by atoms with Crippen molar-refractivity contribution in [1.82, 2.24) is 9.97 Å². The molecule has 2 nitrogen and oxygen atoms in total. The summed E-state index contributed by atoms with van der Waals surface area (Å²) in [7, 11) is 0. The van der Waals surface area contributed by atoms with Gasteiger partial charge in [-0.1, -0.05) is 54.1 Å². The molecule has 2 aromatic heterocycles. The van der Waals surface area contributed by atoms with E-state index < -0.39 is 11.6 Å². The maximum atomic E-state index is 14.1. The molecule has 0 saturated heterocycles. The largest absolute Gasteiger partial charge is 0.305 e. The molecule has 171 valence electrons. The number of benzene rings is 3. The monoisotopic (exact) mass is 627 g/mol. The zero-order valence-corrected chi connectivity index (χ0v) is 20.7. The van der Waals surface area contributed by atoms with Gasteiger partial charge in [-0.3, -0.25) is 8.78 Å². The van der Waals surface area contributed by atoms with Crippen LogP contribution in [0, 0.1) is 30.7 Å². The van der Waals surface area contributed by atoms with Crippen molar-refractivity contribution in [3.63, 3.8) is 0 Å². The summed E-state index contributed by atoms with van der Waals surface area (Å²) in [4.78, 5) is 8.50. The van der Waals surface area contributed by atoms with Gasteiger partial charge in [0.05, 0.1) is 0 Å². The van der Waals surface area contributed by atoms with Crippen LogP contribution >= 0.6 is 0 Å². The van der Waals surface area contributed by atoms with Crippen molar-refractivity contribution < 1.29 is 28.9 Å². The molecule has 0 amide bonds. The Hall–Kier alpha value is -3.53. The van der Waals surface area contributed by atoms with Crippen LogP contribution in [0.3, 0.4) is 0 Å². The number of hydrogen-bond donors (Lipinski definition) is 0. The molecule has 2 heterocycles. The maximum absolute atomic E-state index is 14.1. The molecule has 0 aliphatic rings. The predicted octanol–water partition coefficient (Wildman–Crippen LogP) is 7.35. The van der Waals surface area contributed by atoms with Crippen molar-refractivity contribution in [3.05, 3.63) is 133 Å². The van der Waals surface area contributed by atoms with Crippen LogP contribution < -0.4 is 0 Å². The number of halogens is 2. The maximum Gasteiger partial charge on any atom is 0.0408 e. The van der Waals surface area contributed by atoms with E-state index in [9.17, 15) is 8.78 Å². The third-order valence-corrected chi connectivity index (χ3v) is 4.97. The molecular weight excluding hydrogens is 607 g/mol. The summed E-state index contributed by atoms with van der Waals surface area (Å²) in [6.07, 6.45) is 3.41. The molecule has 0 aliphatic heterocycles. The molecule has 5 rings (SSSR count). The molecule has 0 unspecified atom stereocenters. The van der Waals surface area contributed by atoms with Gasteiger partial charge in [0.2, 0.25) is 0 Å². The van der Waals surface area contributed by atoms with Gasteiger partial charge in [-0.2, -0.15) is 0 Å². The number of aryl methyl sites for hydroxylation is 1. The van der Waals surface area contributed by atoms with Crippen LogP contribution in [0.2, 0.25) is 0 Å². The molecule has 5 heteroatoms. The molecule has 0 fully saturated rings. The van der Waals surface area contributed by atoms with Gasteiger partial charge in [-0.15, -0.1) is 48.0 Å². The van der Waals surface area contributed by atoms with Crippen molar-refractivity contribution in [1.29, 1.82) is 0 Å².